The van der Waals surface area contributed by atoms with Gasteiger partial charge in [0.2, 0.25) is 5.91 Å². The Morgan fingerprint density at radius 1 is 1.48 bits per heavy atom. The quantitative estimate of drug-likeness (QED) is 0.812. The number of likely N-dealkylation sites (N-methyl/N-ethyl adjacent to an activating group) is 1. The minimum absolute atomic E-state index is 0.190. The van der Waals surface area contributed by atoms with E-state index in [1.165, 1.54) is 18.4 Å². The SMILES string of the molecule is CN(C)C(CNC(=O)CCC1CCNCC1)c1ccsc1. The molecule has 2 rings (SSSR count). The van der Waals surface area contributed by atoms with E-state index in [-0.39, 0.29) is 11.9 Å². The van der Waals surface area contributed by atoms with E-state index in [2.05, 4.69) is 46.5 Å². The van der Waals surface area contributed by atoms with Gasteiger partial charge in [-0.2, -0.15) is 11.3 Å². The van der Waals surface area contributed by atoms with Gasteiger partial charge in [0.15, 0.2) is 0 Å². The van der Waals surface area contributed by atoms with E-state index >= 15 is 0 Å². The molecule has 0 aromatic carbocycles. The smallest absolute Gasteiger partial charge is 0.220 e. The highest BCUT2D eigenvalue weighted by Gasteiger charge is 2.17. The number of hydrogen-bond acceptors (Lipinski definition) is 4. The first-order valence-corrected chi connectivity index (χ1v) is 8.77. The van der Waals surface area contributed by atoms with E-state index < -0.39 is 0 Å². The second-order valence-electron chi connectivity index (χ2n) is 6.07. The molecule has 1 saturated heterocycles. The van der Waals surface area contributed by atoms with Crippen molar-refractivity contribution in [3.63, 3.8) is 0 Å². The van der Waals surface area contributed by atoms with E-state index in [1.807, 2.05) is 0 Å². The first-order valence-electron chi connectivity index (χ1n) is 7.82. The molecule has 1 aliphatic heterocycles. The second kappa shape index (κ2) is 8.51. The molecule has 1 fully saturated rings. The van der Waals surface area contributed by atoms with Gasteiger partial charge in [0.05, 0.1) is 6.04 Å². The van der Waals surface area contributed by atoms with Crippen molar-refractivity contribution in [3.8, 4) is 0 Å². The fourth-order valence-electron chi connectivity index (χ4n) is 2.87. The second-order valence-corrected chi connectivity index (χ2v) is 6.85. The number of carbonyl (C=O) groups excluding carboxylic acids is 1. The van der Waals surface area contributed by atoms with Crippen LogP contribution >= 0.6 is 11.3 Å². The highest BCUT2D eigenvalue weighted by molar-refractivity contribution is 7.07. The predicted molar refractivity (Wildman–Crippen MR) is 88.6 cm³/mol. The molecule has 4 nitrogen and oxygen atoms in total. The summed E-state index contributed by atoms with van der Waals surface area (Å²) in [5.74, 6) is 0.911. The average molecular weight is 309 g/mol. The molecule has 1 atom stereocenters. The molecule has 1 unspecified atom stereocenters. The summed E-state index contributed by atoms with van der Waals surface area (Å²) in [5.41, 5.74) is 1.28. The van der Waals surface area contributed by atoms with Crippen molar-refractivity contribution >= 4 is 17.2 Å². The molecule has 0 spiro atoms. The Kier molecular flexibility index (Phi) is 6.67. The van der Waals surface area contributed by atoms with Gasteiger partial charge in [0.1, 0.15) is 0 Å². The largest absolute Gasteiger partial charge is 0.354 e. The number of amides is 1. The summed E-state index contributed by atoms with van der Waals surface area (Å²) < 4.78 is 0. The van der Waals surface area contributed by atoms with E-state index in [0.29, 0.717) is 13.0 Å². The number of nitrogens with one attached hydrogen (secondary N) is 2. The summed E-state index contributed by atoms with van der Waals surface area (Å²) in [6.07, 6.45) is 4.11. The van der Waals surface area contributed by atoms with Gasteiger partial charge in [-0.15, -0.1) is 0 Å². The topological polar surface area (TPSA) is 44.4 Å². The molecule has 1 aliphatic rings. The third-order valence-electron chi connectivity index (χ3n) is 4.28. The Morgan fingerprint density at radius 3 is 2.86 bits per heavy atom. The van der Waals surface area contributed by atoms with Crippen molar-refractivity contribution < 1.29 is 4.79 Å². The first-order chi connectivity index (χ1) is 10.2. The van der Waals surface area contributed by atoms with Gasteiger partial charge in [-0.1, -0.05) is 0 Å². The summed E-state index contributed by atoms with van der Waals surface area (Å²) in [7, 11) is 4.12. The fraction of sp³-hybridized carbons (Fsp3) is 0.688. The highest BCUT2D eigenvalue weighted by Crippen LogP contribution is 2.20. The van der Waals surface area contributed by atoms with Crippen molar-refractivity contribution in [2.75, 3.05) is 33.7 Å². The van der Waals surface area contributed by atoms with Gasteiger partial charge in [-0.05, 0) is 74.8 Å². The van der Waals surface area contributed by atoms with Gasteiger partial charge in [0, 0.05) is 13.0 Å². The Labute approximate surface area is 131 Å². The Hall–Kier alpha value is -0.910. The lowest BCUT2D eigenvalue weighted by Gasteiger charge is -2.25. The zero-order chi connectivity index (χ0) is 15.1. The van der Waals surface area contributed by atoms with Gasteiger partial charge < -0.3 is 15.5 Å². The molecule has 1 aromatic heterocycles. The highest BCUT2D eigenvalue weighted by atomic mass is 32.1. The van der Waals surface area contributed by atoms with Crippen LogP contribution in [0.15, 0.2) is 16.8 Å². The monoisotopic (exact) mass is 309 g/mol. The van der Waals surface area contributed by atoms with Crippen LogP contribution in [0.4, 0.5) is 0 Å². The summed E-state index contributed by atoms with van der Waals surface area (Å²) in [4.78, 5) is 14.2. The molecule has 1 aromatic rings. The van der Waals surface area contributed by atoms with Crippen molar-refractivity contribution in [2.45, 2.75) is 31.7 Å². The van der Waals surface area contributed by atoms with E-state index in [1.54, 1.807) is 11.3 Å². The number of piperidine rings is 1. The third-order valence-corrected chi connectivity index (χ3v) is 4.98. The van der Waals surface area contributed by atoms with Gasteiger partial charge >= 0.3 is 0 Å². The molecule has 2 heterocycles. The lowest BCUT2D eigenvalue weighted by molar-refractivity contribution is -0.121. The van der Waals surface area contributed by atoms with Crippen molar-refractivity contribution in [3.05, 3.63) is 22.4 Å². The zero-order valence-electron chi connectivity index (χ0n) is 13.1. The minimum atomic E-state index is 0.190. The molecule has 0 aliphatic carbocycles. The molecule has 118 valence electrons. The number of hydrogen-bond donors (Lipinski definition) is 2. The van der Waals surface area contributed by atoms with Gasteiger partial charge in [-0.3, -0.25) is 4.79 Å². The Bertz CT molecular complexity index is 413. The van der Waals surface area contributed by atoms with Crippen LogP contribution < -0.4 is 10.6 Å². The molecule has 5 heteroatoms. The maximum Gasteiger partial charge on any atom is 0.220 e. The summed E-state index contributed by atoms with van der Waals surface area (Å²) in [5, 5.41) is 10.7. The van der Waals surface area contributed by atoms with Gasteiger partial charge in [-0.25, -0.2) is 0 Å². The molecular formula is C16H27N3OS. The van der Waals surface area contributed by atoms with Crippen molar-refractivity contribution in [1.29, 1.82) is 0 Å². The van der Waals surface area contributed by atoms with Crippen LogP contribution in [0.1, 0.15) is 37.3 Å². The average Bonchev–Trinajstić information content (AvgIpc) is 3.00. The van der Waals surface area contributed by atoms with Crippen LogP contribution in [0.3, 0.4) is 0 Å². The Morgan fingerprint density at radius 2 is 2.24 bits per heavy atom. The van der Waals surface area contributed by atoms with E-state index in [4.69, 9.17) is 0 Å². The lowest BCUT2D eigenvalue weighted by Crippen LogP contribution is -2.35. The van der Waals surface area contributed by atoms with Crippen molar-refractivity contribution in [1.82, 2.24) is 15.5 Å². The maximum atomic E-state index is 12.0. The van der Waals surface area contributed by atoms with Crippen LogP contribution in [-0.2, 0) is 4.79 Å². The van der Waals surface area contributed by atoms with Crippen LogP contribution in [0.5, 0.6) is 0 Å². The molecule has 21 heavy (non-hydrogen) atoms. The lowest BCUT2D eigenvalue weighted by atomic mass is 9.93. The number of carbonyl (C=O) groups is 1. The number of rotatable bonds is 7. The normalized spacial score (nSPS) is 17.9. The van der Waals surface area contributed by atoms with E-state index in [0.717, 1.165) is 25.4 Å². The molecule has 0 saturated carbocycles. The number of thiophene rings is 1. The molecule has 2 N–H and O–H groups in total. The molecular weight excluding hydrogens is 282 g/mol. The molecule has 0 bridgehead atoms. The third kappa shape index (κ3) is 5.41. The van der Waals surface area contributed by atoms with Crippen molar-refractivity contribution in [2.24, 2.45) is 5.92 Å². The number of nitrogens with zero attached hydrogens (tertiary/aromatic N) is 1. The standard InChI is InChI=1S/C16H27N3OS/c1-19(2)15(14-7-10-21-12-14)11-18-16(20)4-3-13-5-8-17-9-6-13/h7,10,12-13,15,17H,3-6,8-9,11H2,1-2H3,(H,18,20). The summed E-state index contributed by atoms with van der Waals surface area (Å²) in [6, 6.07) is 2.40. The van der Waals surface area contributed by atoms with Crippen LogP contribution in [0, 0.1) is 5.92 Å². The molecule has 0 radical (unpaired) electrons. The summed E-state index contributed by atoms with van der Waals surface area (Å²) in [6.45, 7) is 2.90. The fourth-order valence-corrected chi connectivity index (χ4v) is 3.57. The predicted octanol–water partition coefficient (Wildman–Crippen LogP) is 2.25. The Balaban J connectivity index is 1.71. The minimum Gasteiger partial charge on any atom is -0.354 e. The van der Waals surface area contributed by atoms with Crippen LogP contribution in [0.25, 0.3) is 0 Å². The van der Waals surface area contributed by atoms with E-state index in [9.17, 15) is 4.79 Å². The first kappa shape index (κ1) is 16.5. The maximum absolute atomic E-state index is 12.0. The van der Waals surface area contributed by atoms with Crippen LogP contribution in [0.2, 0.25) is 0 Å². The summed E-state index contributed by atoms with van der Waals surface area (Å²) >= 11 is 1.70. The zero-order valence-corrected chi connectivity index (χ0v) is 13.9. The molecule has 1 amide bonds. The van der Waals surface area contributed by atoms with Crippen LogP contribution in [-0.4, -0.2) is 44.5 Å². The van der Waals surface area contributed by atoms with Gasteiger partial charge in [0.25, 0.3) is 0 Å².